The summed E-state index contributed by atoms with van der Waals surface area (Å²) in [5.74, 6) is 3.76. The van der Waals surface area contributed by atoms with Crippen LogP contribution in [0, 0.1) is 24.4 Å². The molecule has 5 heteroatoms. The molecule has 0 radical (unpaired) electrons. The summed E-state index contributed by atoms with van der Waals surface area (Å²) in [6.45, 7) is 1.84. The molecule has 2 aromatic carbocycles. The van der Waals surface area contributed by atoms with Crippen molar-refractivity contribution in [1.29, 1.82) is 0 Å². The van der Waals surface area contributed by atoms with E-state index in [0.717, 1.165) is 17.2 Å². The van der Waals surface area contributed by atoms with Crippen LogP contribution in [0.4, 0.5) is 13.2 Å². The first-order chi connectivity index (χ1) is 9.51. The van der Waals surface area contributed by atoms with Crippen LogP contribution in [-0.2, 0) is 6.42 Å². The van der Waals surface area contributed by atoms with Gasteiger partial charge < -0.3 is 0 Å². The van der Waals surface area contributed by atoms with E-state index in [2.05, 4.69) is 5.43 Å². The second-order valence-electron chi connectivity index (χ2n) is 4.66. The Morgan fingerprint density at radius 3 is 2.35 bits per heavy atom. The van der Waals surface area contributed by atoms with Crippen LogP contribution in [-0.4, -0.2) is 0 Å². The second-order valence-corrected chi connectivity index (χ2v) is 4.66. The molecule has 2 aromatic rings. The predicted octanol–water partition coefficient (Wildman–Crippen LogP) is 3.16. The lowest BCUT2D eigenvalue weighted by Crippen LogP contribution is -2.30. The number of benzene rings is 2. The molecule has 0 aromatic heterocycles. The minimum absolute atomic E-state index is 0.248. The van der Waals surface area contributed by atoms with Gasteiger partial charge in [-0.3, -0.25) is 11.3 Å². The molecule has 106 valence electrons. The Hall–Kier alpha value is -1.85. The maximum absolute atomic E-state index is 13.8. The van der Waals surface area contributed by atoms with Crippen LogP contribution in [0.3, 0.4) is 0 Å². The van der Waals surface area contributed by atoms with E-state index in [1.165, 1.54) is 24.3 Å². The van der Waals surface area contributed by atoms with Crippen LogP contribution >= 0.6 is 0 Å². The molecule has 0 saturated heterocycles. The Morgan fingerprint density at radius 1 is 1.05 bits per heavy atom. The van der Waals surface area contributed by atoms with Gasteiger partial charge in [0.15, 0.2) is 0 Å². The number of hydrogen-bond donors (Lipinski definition) is 2. The number of nitrogens with two attached hydrogens (primary N) is 1. The number of hydrogen-bond acceptors (Lipinski definition) is 2. The van der Waals surface area contributed by atoms with Crippen LogP contribution in [0.25, 0.3) is 0 Å². The third kappa shape index (κ3) is 3.18. The molecule has 0 fully saturated rings. The van der Waals surface area contributed by atoms with Crippen LogP contribution in [0.15, 0.2) is 36.4 Å². The summed E-state index contributed by atoms with van der Waals surface area (Å²) in [5.41, 5.74) is 4.34. The van der Waals surface area contributed by atoms with Gasteiger partial charge >= 0.3 is 0 Å². The minimum atomic E-state index is -0.679. The summed E-state index contributed by atoms with van der Waals surface area (Å²) in [7, 11) is 0. The lowest BCUT2D eigenvalue weighted by Gasteiger charge is -2.18. The van der Waals surface area contributed by atoms with Crippen molar-refractivity contribution >= 4 is 0 Å². The Bertz CT molecular complexity index is 614. The zero-order valence-corrected chi connectivity index (χ0v) is 11.0. The zero-order valence-electron chi connectivity index (χ0n) is 11.0. The fourth-order valence-electron chi connectivity index (χ4n) is 2.12. The summed E-state index contributed by atoms with van der Waals surface area (Å²) in [6.07, 6.45) is 0.308. The van der Waals surface area contributed by atoms with Gasteiger partial charge in [0.2, 0.25) is 0 Å². The molecule has 0 aliphatic rings. The van der Waals surface area contributed by atoms with Crippen molar-refractivity contribution in [3.8, 4) is 0 Å². The molecule has 0 bridgehead atoms. The molecule has 0 heterocycles. The highest BCUT2D eigenvalue weighted by atomic mass is 19.1. The van der Waals surface area contributed by atoms with Gasteiger partial charge in [-0.25, -0.2) is 13.2 Å². The Morgan fingerprint density at radius 2 is 1.70 bits per heavy atom. The van der Waals surface area contributed by atoms with Crippen molar-refractivity contribution in [3.05, 3.63) is 70.5 Å². The molecule has 0 saturated carbocycles. The summed E-state index contributed by atoms with van der Waals surface area (Å²) < 4.78 is 39.9. The predicted molar refractivity (Wildman–Crippen MR) is 71.3 cm³/mol. The minimum Gasteiger partial charge on any atom is -0.271 e. The molecule has 3 N–H and O–H groups in total. The summed E-state index contributed by atoms with van der Waals surface area (Å²) in [5, 5.41) is 0. The topological polar surface area (TPSA) is 38.0 Å². The van der Waals surface area contributed by atoms with Crippen molar-refractivity contribution in [2.45, 2.75) is 19.4 Å². The SMILES string of the molecule is Cc1ccc(F)cc1CC(NN)c1ccc(F)cc1F. The van der Waals surface area contributed by atoms with Crippen molar-refractivity contribution < 1.29 is 13.2 Å². The maximum Gasteiger partial charge on any atom is 0.130 e. The Labute approximate surface area is 115 Å². The van der Waals surface area contributed by atoms with Crippen LogP contribution in [0.5, 0.6) is 0 Å². The van der Waals surface area contributed by atoms with Gasteiger partial charge in [0.1, 0.15) is 17.5 Å². The third-order valence-electron chi connectivity index (χ3n) is 3.27. The first-order valence-corrected chi connectivity index (χ1v) is 6.17. The molecule has 0 spiro atoms. The first kappa shape index (κ1) is 14.6. The highest BCUT2D eigenvalue weighted by molar-refractivity contribution is 5.30. The van der Waals surface area contributed by atoms with Gasteiger partial charge in [0, 0.05) is 11.6 Å². The summed E-state index contributed by atoms with van der Waals surface area (Å²) in [4.78, 5) is 0. The molecule has 2 rings (SSSR count). The average molecular weight is 280 g/mol. The molecule has 1 atom stereocenters. The molecule has 0 amide bonds. The molecule has 0 aliphatic carbocycles. The van der Waals surface area contributed by atoms with E-state index < -0.39 is 17.7 Å². The third-order valence-corrected chi connectivity index (χ3v) is 3.27. The van der Waals surface area contributed by atoms with E-state index in [4.69, 9.17) is 5.84 Å². The number of aryl methyl sites for hydroxylation is 1. The standard InChI is InChI=1S/C15H15F3N2/c1-9-2-3-11(16)6-10(9)7-15(20-19)13-5-4-12(17)8-14(13)18/h2-6,8,15,20H,7,19H2,1H3. The van der Waals surface area contributed by atoms with E-state index in [1.807, 2.05) is 6.92 Å². The van der Waals surface area contributed by atoms with Crippen molar-refractivity contribution in [3.63, 3.8) is 0 Å². The summed E-state index contributed by atoms with van der Waals surface area (Å²) >= 11 is 0. The van der Waals surface area contributed by atoms with Crippen LogP contribution in [0.2, 0.25) is 0 Å². The van der Waals surface area contributed by atoms with Crippen molar-refractivity contribution in [1.82, 2.24) is 5.43 Å². The number of rotatable bonds is 4. The molecule has 20 heavy (non-hydrogen) atoms. The van der Waals surface area contributed by atoms with Gasteiger partial charge in [-0.15, -0.1) is 0 Å². The summed E-state index contributed by atoms with van der Waals surface area (Å²) in [6, 6.07) is 7.15. The smallest absolute Gasteiger partial charge is 0.130 e. The lowest BCUT2D eigenvalue weighted by molar-refractivity contribution is 0.500. The average Bonchev–Trinajstić information content (AvgIpc) is 2.40. The highest BCUT2D eigenvalue weighted by Gasteiger charge is 2.17. The maximum atomic E-state index is 13.8. The van der Waals surface area contributed by atoms with E-state index in [0.29, 0.717) is 6.42 Å². The lowest BCUT2D eigenvalue weighted by atomic mass is 9.96. The Kier molecular flexibility index (Phi) is 4.42. The molecular weight excluding hydrogens is 265 g/mol. The van der Waals surface area contributed by atoms with Gasteiger partial charge in [-0.05, 0) is 42.7 Å². The zero-order chi connectivity index (χ0) is 14.7. The molecule has 2 nitrogen and oxygen atoms in total. The number of halogens is 3. The van der Waals surface area contributed by atoms with Crippen LogP contribution in [0.1, 0.15) is 22.7 Å². The highest BCUT2D eigenvalue weighted by Crippen LogP contribution is 2.23. The van der Waals surface area contributed by atoms with Gasteiger partial charge in [0.05, 0.1) is 6.04 Å². The van der Waals surface area contributed by atoms with Gasteiger partial charge in [0.25, 0.3) is 0 Å². The fourth-order valence-corrected chi connectivity index (χ4v) is 2.12. The van der Waals surface area contributed by atoms with Crippen molar-refractivity contribution in [2.75, 3.05) is 0 Å². The Balaban J connectivity index is 2.31. The van der Waals surface area contributed by atoms with E-state index in [1.54, 1.807) is 6.07 Å². The van der Waals surface area contributed by atoms with Crippen molar-refractivity contribution in [2.24, 2.45) is 5.84 Å². The molecular formula is C15H15F3N2. The number of hydrazine groups is 1. The van der Waals surface area contributed by atoms with E-state index in [9.17, 15) is 13.2 Å². The van der Waals surface area contributed by atoms with E-state index in [-0.39, 0.29) is 11.4 Å². The monoisotopic (exact) mass is 280 g/mol. The van der Waals surface area contributed by atoms with E-state index >= 15 is 0 Å². The normalized spacial score (nSPS) is 12.4. The molecule has 1 unspecified atom stereocenters. The fraction of sp³-hybridized carbons (Fsp3) is 0.200. The largest absolute Gasteiger partial charge is 0.271 e. The van der Waals surface area contributed by atoms with Gasteiger partial charge in [-0.1, -0.05) is 12.1 Å². The second kappa shape index (κ2) is 6.07. The number of nitrogens with one attached hydrogen (secondary N) is 1. The first-order valence-electron chi connectivity index (χ1n) is 6.17. The quantitative estimate of drug-likeness (QED) is 0.667. The molecule has 0 aliphatic heterocycles. The van der Waals surface area contributed by atoms with Crippen LogP contribution < -0.4 is 11.3 Å². The van der Waals surface area contributed by atoms with Gasteiger partial charge in [-0.2, -0.15) is 0 Å².